The van der Waals surface area contributed by atoms with Gasteiger partial charge in [0.05, 0.1) is 19.3 Å². The Balaban J connectivity index is -0.000000727. The summed E-state index contributed by atoms with van der Waals surface area (Å²) >= 11 is 0. The number of carbonyl (C=O) groups is 3. The molecule has 0 heterocycles. The van der Waals surface area contributed by atoms with Gasteiger partial charge >= 0.3 is 43.7 Å². The number of carboxylic acids is 2. The molecule has 0 aliphatic rings. The second kappa shape index (κ2) is 32.4. The molecule has 248 valence electrons. The van der Waals surface area contributed by atoms with E-state index in [1.165, 1.54) is 37.5 Å². The van der Waals surface area contributed by atoms with E-state index < -0.39 is 24.0 Å². The fourth-order valence-corrected chi connectivity index (χ4v) is 3.95. The summed E-state index contributed by atoms with van der Waals surface area (Å²) < 4.78 is 0. The van der Waals surface area contributed by atoms with E-state index in [2.05, 4.69) is 24.2 Å². The number of aliphatic hydroxyl groups excluding tert-OH is 2. The molecule has 0 radical (unpaired) electrons. The first-order valence-corrected chi connectivity index (χ1v) is 15.7. The number of hydrogen-bond donors (Lipinski definition) is 4. The van der Waals surface area contributed by atoms with Crippen molar-refractivity contribution in [2.75, 3.05) is 39.6 Å². The van der Waals surface area contributed by atoms with E-state index in [0.29, 0.717) is 38.8 Å². The molecule has 2 atom stereocenters. The summed E-state index contributed by atoms with van der Waals surface area (Å²) in [6, 6.07) is -1.50. The van der Waals surface area contributed by atoms with Crippen LogP contribution in [-0.4, -0.2) is 138 Å². The minimum atomic E-state index is -1.20. The molecule has 43 heavy (non-hydrogen) atoms. The first-order chi connectivity index (χ1) is 20.0. The summed E-state index contributed by atoms with van der Waals surface area (Å²) in [6.07, 6.45) is 12.6. The topological polar surface area (TPSA) is 189 Å². The van der Waals surface area contributed by atoms with Crippen LogP contribution in [0.2, 0.25) is 0 Å². The van der Waals surface area contributed by atoms with Gasteiger partial charge < -0.3 is 35.6 Å². The first kappa shape index (κ1) is 46.4. The van der Waals surface area contributed by atoms with Gasteiger partial charge in [-0.15, -0.1) is 0 Å². The van der Waals surface area contributed by atoms with Gasteiger partial charge in [-0.3, -0.25) is 24.4 Å². The number of nitrogens with zero attached hydrogens (tertiary/aromatic N) is 3. The summed E-state index contributed by atoms with van der Waals surface area (Å²) in [7, 11) is 0. The molecule has 0 saturated heterocycles. The van der Waals surface area contributed by atoms with E-state index >= 15 is 0 Å². The Kier molecular flexibility index (Phi) is 34.9. The number of hydrogen-bond acceptors (Lipinski definition) is 10. The molecule has 0 aliphatic carbocycles. The number of carbonyl (C=O) groups excluding carboxylic acids is 2. The molecule has 13 heteroatoms. The predicted octanol–water partition coefficient (Wildman–Crippen LogP) is 1.08. The summed E-state index contributed by atoms with van der Waals surface area (Å²) in [6.45, 7) is 8.42. The van der Waals surface area contributed by atoms with Crippen LogP contribution in [0.25, 0.3) is 0 Å². The van der Waals surface area contributed by atoms with Crippen LogP contribution in [0.15, 0.2) is 4.99 Å². The maximum Gasteiger partial charge on any atom is 2.00 e. The van der Waals surface area contributed by atoms with Crippen LogP contribution in [0, 0.1) is 0 Å². The van der Waals surface area contributed by atoms with Crippen molar-refractivity contribution in [3.63, 3.8) is 0 Å². The molecule has 2 unspecified atom stereocenters. The van der Waals surface area contributed by atoms with Crippen molar-refractivity contribution in [1.82, 2.24) is 15.1 Å². The van der Waals surface area contributed by atoms with Gasteiger partial charge in [0.25, 0.3) is 0 Å². The molecule has 1 amide bonds. The van der Waals surface area contributed by atoms with Crippen LogP contribution in [0.1, 0.15) is 118 Å². The monoisotopic (exact) mass is 642 g/mol. The number of unbranched alkanes of at least 4 members (excludes halogenated alkanes) is 8. The second-order valence-electron chi connectivity index (χ2n) is 10.6. The Morgan fingerprint density at radius 2 is 1.23 bits per heavy atom. The molecule has 12 nitrogen and oxygen atoms in total. The Hall–Kier alpha value is -1.02. The Bertz CT molecular complexity index is 730. The zero-order valence-electron chi connectivity index (χ0n) is 27.2. The maximum absolute atomic E-state index is 11.7. The van der Waals surface area contributed by atoms with Crippen LogP contribution >= 0.6 is 0 Å². The van der Waals surface area contributed by atoms with E-state index in [0.717, 1.165) is 38.5 Å². The average molecular weight is 643 g/mol. The SMILES string of the molecule is CCCCCCCC(=O)NCN(CCCO)C(C)C(=O)O.CCCCCCCC([O-])=NCN(CCCO)C(C)C(=O)[O-].[Ca+2]. The zero-order valence-corrected chi connectivity index (χ0v) is 29.4. The average Bonchev–Trinajstić information content (AvgIpc) is 2.96. The van der Waals surface area contributed by atoms with E-state index in [1.54, 1.807) is 11.8 Å². The normalized spacial score (nSPS) is 12.7. The van der Waals surface area contributed by atoms with Crippen LogP contribution in [-0.2, 0) is 14.4 Å². The Labute approximate surface area is 289 Å². The molecule has 0 aromatic carbocycles. The van der Waals surface area contributed by atoms with Crippen molar-refractivity contribution in [1.29, 1.82) is 0 Å². The van der Waals surface area contributed by atoms with Gasteiger partial charge in [-0.25, -0.2) is 0 Å². The third kappa shape index (κ3) is 28.2. The summed E-state index contributed by atoms with van der Waals surface area (Å²) in [5.74, 6) is -2.36. The quantitative estimate of drug-likeness (QED) is 0.0349. The molecule has 0 fully saturated rings. The first-order valence-electron chi connectivity index (χ1n) is 15.7. The molecule has 0 rings (SSSR count). The fraction of sp³-hybridized carbons (Fsp3) is 0.867. The number of amides is 1. The summed E-state index contributed by atoms with van der Waals surface area (Å²) in [5.41, 5.74) is 0. The van der Waals surface area contributed by atoms with Crippen molar-refractivity contribution in [2.45, 2.75) is 130 Å². The van der Waals surface area contributed by atoms with Crippen molar-refractivity contribution in [3.05, 3.63) is 0 Å². The molecule has 0 spiro atoms. The Morgan fingerprint density at radius 3 is 1.70 bits per heavy atom. The number of rotatable bonds is 26. The fourth-order valence-electron chi connectivity index (χ4n) is 3.95. The number of aliphatic carboxylic acids is 2. The van der Waals surface area contributed by atoms with Crippen LogP contribution in [0.5, 0.6) is 0 Å². The van der Waals surface area contributed by atoms with Gasteiger partial charge in [-0.1, -0.05) is 65.2 Å². The van der Waals surface area contributed by atoms with Gasteiger partial charge in [0, 0.05) is 38.8 Å². The molecule has 0 aromatic heterocycles. The minimum Gasteiger partial charge on any atom is -0.862 e. The largest absolute Gasteiger partial charge is 2.00 e. The minimum absolute atomic E-state index is 0. The Morgan fingerprint density at radius 1 is 0.744 bits per heavy atom. The standard InChI is InChI=1S/2C15H30N2O4.Ca/c2*1-3-4-5-6-7-9-14(19)16-12-17(10-8-11-18)13(2)15(20)21;/h2*13,18H,3-12H2,1-2H3,(H,16,19)(H,20,21);/q;;+2/p-2. The molecular weight excluding hydrogens is 584 g/mol. The summed E-state index contributed by atoms with van der Waals surface area (Å²) in [5, 5.41) is 52.0. The van der Waals surface area contributed by atoms with E-state index in [9.17, 15) is 24.6 Å². The molecule has 0 aromatic rings. The van der Waals surface area contributed by atoms with Crippen LogP contribution in [0.3, 0.4) is 0 Å². The van der Waals surface area contributed by atoms with Crippen molar-refractivity contribution < 1.29 is 39.9 Å². The smallest absolute Gasteiger partial charge is 0.862 e. The molecule has 0 aliphatic heterocycles. The summed E-state index contributed by atoms with van der Waals surface area (Å²) in [4.78, 5) is 40.7. The second-order valence-corrected chi connectivity index (χ2v) is 10.6. The van der Waals surface area contributed by atoms with E-state index in [4.69, 9.17) is 15.3 Å². The maximum atomic E-state index is 11.7. The van der Waals surface area contributed by atoms with Gasteiger partial charge in [-0.05, 0) is 51.8 Å². The van der Waals surface area contributed by atoms with E-state index in [-0.39, 0.29) is 76.1 Å². The third-order valence-corrected chi connectivity index (χ3v) is 6.91. The van der Waals surface area contributed by atoms with E-state index in [1.807, 2.05) is 0 Å². The molecular formula is C30H58CaN4O8. The third-order valence-electron chi connectivity index (χ3n) is 6.91. The van der Waals surface area contributed by atoms with Crippen LogP contribution in [0.4, 0.5) is 0 Å². The number of aliphatic imine (C=N–C) groups is 1. The number of aliphatic hydroxyl groups is 2. The number of nitrogens with one attached hydrogen (secondary N) is 1. The van der Waals surface area contributed by atoms with Gasteiger partial charge in [0.1, 0.15) is 6.04 Å². The van der Waals surface area contributed by atoms with Crippen LogP contribution < -0.4 is 15.5 Å². The number of carboxylic acid groups (broad SMARTS) is 2. The van der Waals surface area contributed by atoms with Gasteiger partial charge in [0.15, 0.2) is 0 Å². The van der Waals surface area contributed by atoms with Crippen molar-refractivity contribution in [2.24, 2.45) is 4.99 Å². The predicted molar refractivity (Wildman–Crippen MR) is 166 cm³/mol. The molecule has 4 N–H and O–H groups in total. The zero-order chi connectivity index (χ0) is 32.2. The molecule has 0 bridgehead atoms. The van der Waals surface area contributed by atoms with Crippen molar-refractivity contribution >= 4 is 61.5 Å². The van der Waals surface area contributed by atoms with Gasteiger partial charge in [-0.2, -0.15) is 0 Å². The molecule has 0 saturated carbocycles. The van der Waals surface area contributed by atoms with Crippen molar-refractivity contribution in [3.8, 4) is 0 Å². The van der Waals surface area contributed by atoms with Gasteiger partial charge in [0.2, 0.25) is 5.91 Å².